The lowest BCUT2D eigenvalue weighted by atomic mass is 9.97. The van der Waals surface area contributed by atoms with E-state index in [0.29, 0.717) is 34.9 Å². The van der Waals surface area contributed by atoms with Crippen LogP contribution in [-0.4, -0.2) is 29.9 Å². The van der Waals surface area contributed by atoms with Crippen LogP contribution in [0.5, 0.6) is 0 Å². The monoisotopic (exact) mass is 768 g/mol. The summed E-state index contributed by atoms with van der Waals surface area (Å²) in [6.45, 7) is 0. The summed E-state index contributed by atoms with van der Waals surface area (Å²) < 4.78 is 0. The maximum absolute atomic E-state index is 5.08. The number of aromatic nitrogens is 6. The lowest BCUT2D eigenvalue weighted by Gasteiger charge is -2.12. The van der Waals surface area contributed by atoms with Crippen LogP contribution in [0, 0.1) is 0 Å². The second-order valence-corrected chi connectivity index (χ2v) is 14.4. The Morgan fingerprint density at radius 3 is 0.617 bits per heavy atom. The number of nitrogens with zero attached hydrogens (tertiary/aromatic N) is 6. The van der Waals surface area contributed by atoms with Gasteiger partial charge in [-0.05, 0) is 57.6 Å². The molecule has 0 bridgehead atoms. The molecule has 282 valence electrons. The van der Waals surface area contributed by atoms with Gasteiger partial charge in [0.2, 0.25) is 0 Å². The summed E-state index contributed by atoms with van der Waals surface area (Å²) in [5.41, 5.74) is 12.0. The molecule has 0 saturated heterocycles. The predicted molar refractivity (Wildman–Crippen MR) is 242 cm³/mol. The first-order valence-corrected chi connectivity index (χ1v) is 19.9. The molecule has 0 amide bonds. The van der Waals surface area contributed by atoms with E-state index in [-0.39, 0.29) is 0 Å². The van der Waals surface area contributed by atoms with Crippen LogP contribution in [0.3, 0.4) is 0 Å². The van der Waals surface area contributed by atoms with Crippen molar-refractivity contribution in [2.24, 2.45) is 0 Å². The SMILES string of the molecule is c1ccc(-c2cccc(-c3nc(-c4ccccc4)nc(-c4cccc(-c5cccc(-c6cccc(-c7nc(-c8ccccc8)nc(-c8ccccc8)n7)c6)c5)c4)n3)c2)cc1. The van der Waals surface area contributed by atoms with E-state index in [0.717, 1.165) is 66.8 Å². The van der Waals surface area contributed by atoms with Crippen molar-refractivity contribution in [3.8, 4) is 102 Å². The van der Waals surface area contributed by atoms with Gasteiger partial charge in [-0.3, -0.25) is 0 Å². The predicted octanol–water partition coefficient (Wildman–Crippen LogP) is 13.1. The van der Waals surface area contributed by atoms with Crippen LogP contribution in [0.2, 0.25) is 0 Å². The first kappa shape index (κ1) is 36.1. The fourth-order valence-corrected chi connectivity index (χ4v) is 7.31. The molecule has 6 nitrogen and oxygen atoms in total. The third-order valence-electron chi connectivity index (χ3n) is 10.4. The van der Waals surface area contributed by atoms with E-state index in [9.17, 15) is 0 Å². The van der Waals surface area contributed by atoms with E-state index in [1.165, 1.54) is 0 Å². The Kier molecular flexibility index (Phi) is 9.84. The molecule has 0 unspecified atom stereocenters. The molecule has 60 heavy (non-hydrogen) atoms. The fraction of sp³-hybridized carbons (Fsp3) is 0. The highest BCUT2D eigenvalue weighted by Crippen LogP contribution is 2.33. The van der Waals surface area contributed by atoms with Gasteiger partial charge in [-0.1, -0.05) is 194 Å². The number of rotatable bonds is 9. The van der Waals surface area contributed by atoms with Gasteiger partial charge in [0.1, 0.15) is 0 Å². The molecule has 6 heteroatoms. The van der Waals surface area contributed by atoms with Crippen LogP contribution < -0.4 is 0 Å². The van der Waals surface area contributed by atoms with E-state index in [4.69, 9.17) is 29.9 Å². The van der Waals surface area contributed by atoms with E-state index in [2.05, 4.69) is 121 Å². The zero-order valence-electron chi connectivity index (χ0n) is 32.5. The van der Waals surface area contributed by atoms with Crippen LogP contribution in [0.1, 0.15) is 0 Å². The smallest absolute Gasteiger partial charge is 0.164 e. The van der Waals surface area contributed by atoms with Crippen molar-refractivity contribution in [3.63, 3.8) is 0 Å². The highest BCUT2D eigenvalue weighted by molar-refractivity contribution is 5.79. The van der Waals surface area contributed by atoms with E-state index >= 15 is 0 Å². The highest BCUT2D eigenvalue weighted by atomic mass is 15.0. The van der Waals surface area contributed by atoms with Crippen LogP contribution in [0.25, 0.3) is 102 Å². The normalized spacial score (nSPS) is 11.0. The third kappa shape index (κ3) is 7.73. The zero-order valence-corrected chi connectivity index (χ0v) is 32.5. The van der Waals surface area contributed by atoms with Gasteiger partial charge in [0.05, 0.1) is 0 Å². The summed E-state index contributed by atoms with van der Waals surface area (Å²) in [5.74, 6) is 3.73. The zero-order chi connectivity index (χ0) is 40.1. The van der Waals surface area contributed by atoms with Gasteiger partial charge < -0.3 is 0 Å². The molecular formula is C54H36N6. The Hall–Kier alpha value is -8.22. The largest absolute Gasteiger partial charge is 0.208 e. The molecule has 10 rings (SSSR count). The lowest BCUT2D eigenvalue weighted by molar-refractivity contribution is 1.07. The topological polar surface area (TPSA) is 77.3 Å². The Morgan fingerprint density at radius 2 is 0.333 bits per heavy atom. The first-order chi connectivity index (χ1) is 29.7. The Balaban J connectivity index is 1.01. The molecule has 8 aromatic carbocycles. The average Bonchev–Trinajstić information content (AvgIpc) is 3.35. The maximum atomic E-state index is 5.08. The van der Waals surface area contributed by atoms with Gasteiger partial charge >= 0.3 is 0 Å². The second kappa shape index (κ2) is 16.3. The van der Waals surface area contributed by atoms with Crippen molar-refractivity contribution < 1.29 is 0 Å². The molecule has 0 atom stereocenters. The summed E-state index contributed by atoms with van der Waals surface area (Å²) in [6.07, 6.45) is 0. The standard InChI is InChI=1S/C54H36N6/c1-5-17-37(18-6-1)41-25-14-30-46(34-41)53-58-51(40-23-11-4-12-24-40)59-54(60-53)48-32-16-29-45(36-48)43-27-13-26-42(33-43)44-28-15-31-47(35-44)52-56-49(38-19-7-2-8-20-38)55-50(57-52)39-21-9-3-10-22-39/h1-36H. The van der Waals surface area contributed by atoms with Gasteiger partial charge in [-0.2, -0.15) is 0 Å². The number of hydrogen-bond acceptors (Lipinski definition) is 6. The maximum Gasteiger partial charge on any atom is 0.164 e. The van der Waals surface area contributed by atoms with Crippen molar-refractivity contribution in [3.05, 3.63) is 218 Å². The molecule has 2 aromatic heterocycles. The molecule has 0 aliphatic heterocycles. The molecule has 10 aromatic rings. The molecule has 0 aliphatic carbocycles. The van der Waals surface area contributed by atoms with Gasteiger partial charge in [0.15, 0.2) is 34.9 Å². The van der Waals surface area contributed by atoms with Crippen molar-refractivity contribution in [2.45, 2.75) is 0 Å². The van der Waals surface area contributed by atoms with Crippen LogP contribution >= 0.6 is 0 Å². The quantitative estimate of drug-likeness (QED) is 0.145. The fourth-order valence-electron chi connectivity index (χ4n) is 7.31. The minimum atomic E-state index is 0.608. The Morgan fingerprint density at radius 1 is 0.150 bits per heavy atom. The van der Waals surface area contributed by atoms with Crippen molar-refractivity contribution in [1.29, 1.82) is 0 Å². The molecule has 0 radical (unpaired) electrons. The first-order valence-electron chi connectivity index (χ1n) is 19.9. The summed E-state index contributed by atoms with van der Waals surface area (Å²) in [6, 6.07) is 74.3. The van der Waals surface area contributed by atoms with Crippen molar-refractivity contribution >= 4 is 0 Å². The van der Waals surface area contributed by atoms with E-state index in [1.54, 1.807) is 0 Å². The number of hydrogen-bond donors (Lipinski definition) is 0. The third-order valence-corrected chi connectivity index (χ3v) is 10.4. The molecule has 2 heterocycles. The van der Waals surface area contributed by atoms with Crippen LogP contribution in [0.4, 0.5) is 0 Å². The van der Waals surface area contributed by atoms with Gasteiger partial charge in [-0.25, -0.2) is 29.9 Å². The van der Waals surface area contributed by atoms with Gasteiger partial charge in [-0.15, -0.1) is 0 Å². The molecule has 0 N–H and O–H groups in total. The highest BCUT2D eigenvalue weighted by Gasteiger charge is 2.16. The molecule has 0 aliphatic rings. The lowest BCUT2D eigenvalue weighted by Crippen LogP contribution is -2.00. The second-order valence-electron chi connectivity index (χ2n) is 14.4. The minimum Gasteiger partial charge on any atom is -0.208 e. The summed E-state index contributed by atoms with van der Waals surface area (Å²) >= 11 is 0. The molecule has 0 spiro atoms. The van der Waals surface area contributed by atoms with Crippen LogP contribution in [-0.2, 0) is 0 Å². The van der Waals surface area contributed by atoms with Crippen LogP contribution in [0.15, 0.2) is 218 Å². The molecule has 0 saturated carbocycles. The average molecular weight is 769 g/mol. The summed E-state index contributed by atoms with van der Waals surface area (Å²) in [7, 11) is 0. The molecular weight excluding hydrogens is 733 g/mol. The Labute approximate surface area is 348 Å². The van der Waals surface area contributed by atoms with Gasteiger partial charge in [0, 0.05) is 33.4 Å². The number of benzene rings is 8. The summed E-state index contributed by atoms with van der Waals surface area (Å²) in [4.78, 5) is 29.9. The Bertz CT molecular complexity index is 3020. The van der Waals surface area contributed by atoms with Crippen molar-refractivity contribution in [2.75, 3.05) is 0 Å². The summed E-state index contributed by atoms with van der Waals surface area (Å²) in [5, 5.41) is 0. The van der Waals surface area contributed by atoms with Crippen molar-refractivity contribution in [1.82, 2.24) is 29.9 Å². The molecule has 0 fully saturated rings. The van der Waals surface area contributed by atoms with Gasteiger partial charge in [0.25, 0.3) is 0 Å². The van der Waals surface area contributed by atoms with E-state index < -0.39 is 0 Å². The minimum absolute atomic E-state index is 0.608. The van der Waals surface area contributed by atoms with E-state index in [1.807, 2.05) is 97.1 Å².